The lowest BCUT2D eigenvalue weighted by Gasteiger charge is -2.06. The molecular formula is C19H17BrN4O2. The first-order valence-corrected chi connectivity index (χ1v) is 9.24. The van der Waals surface area contributed by atoms with Gasteiger partial charge >= 0.3 is 0 Å². The quantitative estimate of drug-likeness (QED) is 0.684. The predicted octanol–water partition coefficient (Wildman–Crippen LogP) is 4.01. The molecule has 1 saturated carbocycles. The van der Waals surface area contributed by atoms with Crippen LogP contribution in [0.25, 0.3) is 11.3 Å². The number of nitrogens with one attached hydrogen (secondary N) is 1. The monoisotopic (exact) mass is 412 g/mol. The van der Waals surface area contributed by atoms with Crippen LogP contribution in [-0.2, 0) is 6.54 Å². The first-order chi connectivity index (χ1) is 12.6. The van der Waals surface area contributed by atoms with Crippen LogP contribution in [0.15, 0.2) is 45.5 Å². The first kappa shape index (κ1) is 16.9. The molecule has 0 atom stereocenters. The Kier molecular flexibility index (Phi) is 4.55. The second kappa shape index (κ2) is 6.99. The van der Waals surface area contributed by atoms with E-state index in [9.17, 15) is 4.79 Å². The van der Waals surface area contributed by atoms with E-state index >= 15 is 0 Å². The minimum absolute atomic E-state index is 0.259. The van der Waals surface area contributed by atoms with Crippen LogP contribution in [-0.4, -0.2) is 21.0 Å². The molecule has 4 rings (SSSR count). The summed E-state index contributed by atoms with van der Waals surface area (Å²) in [6.45, 7) is 2.21. The van der Waals surface area contributed by atoms with Crippen LogP contribution in [0, 0.1) is 6.92 Å². The molecule has 3 aromatic rings. The number of rotatable bonds is 5. The number of hydrogen-bond acceptors (Lipinski definition) is 5. The van der Waals surface area contributed by atoms with Crippen molar-refractivity contribution < 1.29 is 9.32 Å². The van der Waals surface area contributed by atoms with Crippen molar-refractivity contribution in [1.82, 2.24) is 20.4 Å². The molecule has 0 aliphatic heterocycles. The number of hydrogen-bond donors (Lipinski definition) is 1. The zero-order valence-corrected chi connectivity index (χ0v) is 15.8. The molecule has 0 radical (unpaired) electrons. The third-order valence-electron chi connectivity index (χ3n) is 4.39. The van der Waals surface area contributed by atoms with Crippen LogP contribution < -0.4 is 5.32 Å². The Balaban J connectivity index is 1.49. The van der Waals surface area contributed by atoms with Crippen molar-refractivity contribution in [3.63, 3.8) is 0 Å². The molecule has 1 aliphatic rings. The highest BCUT2D eigenvalue weighted by molar-refractivity contribution is 9.10. The maximum absolute atomic E-state index is 12.5. The van der Waals surface area contributed by atoms with Gasteiger partial charge in [-0.2, -0.15) is 0 Å². The van der Waals surface area contributed by atoms with Crippen LogP contribution in [0.5, 0.6) is 0 Å². The maximum atomic E-state index is 12.5. The molecule has 0 bridgehead atoms. The Morgan fingerprint density at radius 1 is 1.31 bits per heavy atom. The van der Waals surface area contributed by atoms with Gasteiger partial charge in [0.2, 0.25) is 0 Å². The van der Waals surface area contributed by atoms with Gasteiger partial charge in [0.15, 0.2) is 5.76 Å². The number of aromatic nitrogens is 3. The number of nitrogens with zero attached hydrogens (tertiary/aromatic N) is 3. The van der Waals surface area contributed by atoms with E-state index in [0.717, 1.165) is 29.8 Å². The Bertz CT molecular complexity index is 951. The van der Waals surface area contributed by atoms with E-state index in [0.29, 0.717) is 27.5 Å². The molecular weight excluding hydrogens is 396 g/mol. The van der Waals surface area contributed by atoms with E-state index in [-0.39, 0.29) is 12.5 Å². The summed E-state index contributed by atoms with van der Waals surface area (Å²) in [5.74, 6) is 1.59. The molecule has 0 spiro atoms. The summed E-state index contributed by atoms with van der Waals surface area (Å²) in [7, 11) is 0. The molecule has 2 aromatic heterocycles. The summed E-state index contributed by atoms with van der Waals surface area (Å²) >= 11 is 3.36. The summed E-state index contributed by atoms with van der Waals surface area (Å²) in [6, 6.07) is 9.78. The lowest BCUT2D eigenvalue weighted by atomic mass is 10.1. The predicted molar refractivity (Wildman–Crippen MR) is 99.6 cm³/mol. The van der Waals surface area contributed by atoms with E-state index in [1.165, 1.54) is 0 Å². The average Bonchev–Trinajstić information content (AvgIpc) is 3.44. The largest absolute Gasteiger partial charge is 0.356 e. The molecule has 2 heterocycles. The summed E-state index contributed by atoms with van der Waals surface area (Å²) < 4.78 is 6.05. The van der Waals surface area contributed by atoms with Crippen molar-refractivity contribution >= 4 is 21.8 Å². The lowest BCUT2D eigenvalue weighted by molar-refractivity contribution is 0.0943. The molecule has 7 heteroatoms. The van der Waals surface area contributed by atoms with Crippen molar-refractivity contribution in [2.45, 2.75) is 32.2 Å². The van der Waals surface area contributed by atoms with Gasteiger partial charge in [-0.1, -0.05) is 35.5 Å². The fourth-order valence-electron chi connectivity index (χ4n) is 2.72. The Morgan fingerprint density at radius 3 is 2.81 bits per heavy atom. The second-order valence-corrected chi connectivity index (χ2v) is 7.19. The maximum Gasteiger partial charge on any atom is 0.271 e. The molecule has 0 saturated heterocycles. The third-order valence-corrected chi connectivity index (χ3v) is 4.97. The summed E-state index contributed by atoms with van der Waals surface area (Å²) in [5, 5.41) is 6.97. The smallest absolute Gasteiger partial charge is 0.271 e. The van der Waals surface area contributed by atoms with Crippen molar-refractivity contribution in [3.05, 3.63) is 63.8 Å². The molecule has 26 heavy (non-hydrogen) atoms. The van der Waals surface area contributed by atoms with E-state index in [1.807, 2.05) is 37.3 Å². The van der Waals surface area contributed by atoms with Crippen LogP contribution in [0.2, 0.25) is 0 Å². The van der Waals surface area contributed by atoms with Crippen LogP contribution in [0.1, 0.15) is 46.3 Å². The summed E-state index contributed by atoms with van der Waals surface area (Å²) in [6.07, 6.45) is 3.82. The highest BCUT2D eigenvalue weighted by Gasteiger charge is 2.28. The average molecular weight is 413 g/mol. The van der Waals surface area contributed by atoms with Gasteiger partial charge in [0.05, 0.1) is 11.0 Å². The van der Waals surface area contributed by atoms with Crippen molar-refractivity contribution in [3.8, 4) is 11.3 Å². The fourth-order valence-corrected chi connectivity index (χ4v) is 3.09. The number of carbonyl (C=O) groups excluding carboxylic acids is 1. The van der Waals surface area contributed by atoms with Gasteiger partial charge in [0.25, 0.3) is 5.91 Å². The van der Waals surface area contributed by atoms with Gasteiger partial charge in [-0.25, -0.2) is 9.97 Å². The van der Waals surface area contributed by atoms with Gasteiger partial charge in [0, 0.05) is 23.2 Å². The standard InChI is InChI=1S/C19H17BrN4O2/c1-11-15(24-26-17(11)12-5-3-2-4-6-12)10-22-19(25)16-14(20)9-21-18(23-16)13-7-8-13/h2-6,9,13H,7-8,10H2,1H3,(H,22,25). The fraction of sp³-hybridized carbons (Fsp3) is 0.263. The highest BCUT2D eigenvalue weighted by atomic mass is 79.9. The molecule has 0 unspecified atom stereocenters. The minimum atomic E-state index is -0.259. The van der Waals surface area contributed by atoms with E-state index in [1.54, 1.807) is 6.20 Å². The van der Waals surface area contributed by atoms with Crippen LogP contribution >= 0.6 is 15.9 Å². The Labute approximate surface area is 159 Å². The second-order valence-electron chi connectivity index (χ2n) is 6.33. The van der Waals surface area contributed by atoms with Crippen molar-refractivity contribution in [2.75, 3.05) is 0 Å². The normalized spacial score (nSPS) is 13.6. The SMILES string of the molecule is Cc1c(CNC(=O)c2nc(C3CC3)ncc2Br)noc1-c1ccccc1. The molecule has 1 amide bonds. The van der Waals surface area contributed by atoms with Crippen molar-refractivity contribution in [1.29, 1.82) is 0 Å². The van der Waals surface area contributed by atoms with Gasteiger partial charge in [0.1, 0.15) is 17.2 Å². The van der Waals surface area contributed by atoms with Crippen LogP contribution in [0.3, 0.4) is 0 Å². The molecule has 1 aliphatic carbocycles. The summed E-state index contributed by atoms with van der Waals surface area (Å²) in [4.78, 5) is 21.2. The summed E-state index contributed by atoms with van der Waals surface area (Å²) in [5.41, 5.74) is 2.93. The number of carbonyl (C=O) groups is 1. The van der Waals surface area contributed by atoms with Crippen molar-refractivity contribution in [2.24, 2.45) is 0 Å². The lowest BCUT2D eigenvalue weighted by Crippen LogP contribution is -2.25. The molecule has 1 N–H and O–H groups in total. The minimum Gasteiger partial charge on any atom is -0.356 e. The molecule has 132 valence electrons. The van der Waals surface area contributed by atoms with Crippen LogP contribution in [0.4, 0.5) is 0 Å². The number of benzene rings is 1. The highest BCUT2D eigenvalue weighted by Crippen LogP contribution is 2.38. The van der Waals surface area contributed by atoms with E-state index in [4.69, 9.17) is 4.52 Å². The zero-order chi connectivity index (χ0) is 18.1. The molecule has 1 aromatic carbocycles. The van der Waals surface area contributed by atoms with Gasteiger partial charge in [-0.05, 0) is 35.7 Å². The third kappa shape index (κ3) is 3.39. The number of halogens is 1. The topological polar surface area (TPSA) is 80.9 Å². The Morgan fingerprint density at radius 2 is 2.08 bits per heavy atom. The van der Waals surface area contributed by atoms with Gasteiger partial charge < -0.3 is 9.84 Å². The van der Waals surface area contributed by atoms with E-state index < -0.39 is 0 Å². The number of amides is 1. The Hall–Kier alpha value is -2.54. The first-order valence-electron chi connectivity index (χ1n) is 8.44. The van der Waals surface area contributed by atoms with Gasteiger partial charge in [-0.15, -0.1) is 0 Å². The van der Waals surface area contributed by atoms with E-state index in [2.05, 4.69) is 36.4 Å². The molecule has 1 fully saturated rings. The molecule has 6 nitrogen and oxygen atoms in total. The van der Waals surface area contributed by atoms with Gasteiger partial charge in [-0.3, -0.25) is 4.79 Å². The zero-order valence-electron chi connectivity index (χ0n) is 14.2.